The first-order chi connectivity index (χ1) is 11.3. The highest BCUT2D eigenvalue weighted by Gasteiger charge is 2.68. The van der Waals surface area contributed by atoms with Crippen LogP contribution < -0.4 is 5.32 Å². The Kier molecular flexibility index (Phi) is 2.24. The molecule has 2 aromatic heterocycles. The van der Waals surface area contributed by atoms with Crippen LogP contribution in [0.3, 0.4) is 0 Å². The molecule has 0 aliphatic heterocycles. The number of fused-ring (bicyclic) bond motifs is 1. The molecule has 1 unspecified atom stereocenters. The van der Waals surface area contributed by atoms with Crippen LogP contribution in [0.15, 0.2) is 12.7 Å². The maximum Gasteiger partial charge on any atom is 0.165 e. The average Bonchev–Trinajstić information content (AvgIpc) is 3.25. The lowest BCUT2D eigenvalue weighted by atomic mass is 9.52. The van der Waals surface area contributed by atoms with E-state index in [0.29, 0.717) is 16.9 Å². The van der Waals surface area contributed by atoms with Gasteiger partial charge >= 0.3 is 0 Å². The van der Waals surface area contributed by atoms with Crippen molar-refractivity contribution in [3.05, 3.63) is 12.7 Å². The first kappa shape index (κ1) is 12.7. The van der Waals surface area contributed by atoms with E-state index in [-0.39, 0.29) is 0 Å². The molecule has 4 saturated carbocycles. The molecule has 1 atom stereocenters. The third kappa shape index (κ3) is 1.47. The third-order valence-corrected chi connectivity index (χ3v) is 7.70. The fourth-order valence-electron chi connectivity index (χ4n) is 6.17. The summed E-state index contributed by atoms with van der Waals surface area (Å²) in [5.74, 6) is 1.89. The summed E-state index contributed by atoms with van der Waals surface area (Å²) in [6, 6.07) is 0.613. The Morgan fingerprint density at radius 3 is 2.61 bits per heavy atom. The number of aromatic nitrogens is 4. The van der Waals surface area contributed by atoms with Crippen molar-refractivity contribution in [1.29, 1.82) is 0 Å². The number of imidazole rings is 1. The van der Waals surface area contributed by atoms with E-state index in [9.17, 15) is 0 Å². The zero-order chi connectivity index (χ0) is 15.1. The van der Waals surface area contributed by atoms with Gasteiger partial charge in [0, 0.05) is 12.6 Å². The zero-order valence-electron chi connectivity index (χ0n) is 13.5. The summed E-state index contributed by atoms with van der Waals surface area (Å²) in [5, 5.41) is 3.69. The van der Waals surface area contributed by atoms with Gasteiger partial charge in [0.05, 0.1) is 6.33 Å². The monoisotopic (exact) mass is 309 g/mol. The molecular weight excluding hydrogens is 286 g/mol. The molecule has 5 nitrogen and oxygen atoms in total. The van der Waals surface area contributed by atoms with Crippen LogP contribution in [-0.2, 0) is 0 Å². The van der Waals surface area contributed by atoms with E-state index in [1.807, 2.05) is 6.33 Å². The van der Waals surface area contributed by atoms with Crippen LogP contribution in [0.1, 0.15) is 57.4 Å². The number of hydrogen-bond donors (Lipinski definition) is 1. The van der Waals surface area contributed by atoms with E-state index >= 15 is 0 Å². The molecule has 1 N–H and O–H groups in total. The normalized spacial score (nSPS) is 37.8. The quantitative estimate of drug-likeness (QED) is 0.938. The van der Waals surface area contributed by atoms with Gasteiger partial charge in [0.25, 0.3) is 0 Å². The van der Waals surface area contributed by atoms with Crippen molar-refractivity contribution in [1.82, 2.24) is 19.5 Å². The Bertz CT molecular complexity index is 784. The highest BCUT2D eigenvalue weighted by molar-refractivity contribution is 5.82. The second-order valence-electron chi connectivity index (χ2n) is 8.34. The summed E-state index contributed by atoms with van der Waals surface area (Å²) < 4.78 is 2.23. The third-order valence-electron chi connectivity index (χ3n) is 7.70. The molecule has 4 fully saturated rings. The molecule has 0 radical (unpaired) electrons. The number of rotatable bonds is 4. The van der Waals surface area contributed by atoms with Gasteiger partial charge < -0.3 is 9.88 Å². The lowest BCUT2D eigenvalue weighted by molar-refractivity contribution is -0.0252. The Balaban J connectivity index is 1.32. The molecule has 23 heavy (non-hydrogen) atoms. The van der Waals surface area contributed by atoms with Crippen LogP contribution in [0.25, 0.3) is 11.2 Å². The second kappa shape index (κ2) is 4.05. The van der Waals surface area contributed by atoms with Gasteiger partial charge in [-0.05, 0) is 68.1 Å². The average molecular weight is 309 g/mol. The van der Waals surface area contributed by atoms with Crippen molar-refractivity contribution < 1.29 is 0 Å². The molecule has 4 aliphatic carbocycles. The summed E-state index contributed by atoms with van der Waals surface area (Å²) in [6.45, 7) is 1.08. The molecule has 0 saturated heterocycles. The van der Waals surface area contributed by atoms with Crippen LogP contribution in [0, 0.1) is 16.7 Å². The molecule has 2 bridgehead atoms. The molecule has 2 heterocycles. The van der Waals surface area contributed by atoms with E-state index < -0.39 is 0 Å². The standard InChI is InChI=1S/C18H23N5/c1-2-13(1)23-11-22-14-15(20-10-21-16(14)23)19-9-18-8-7-17(18)5-3-12(18)4-6-17/h10-13H,1-9H2,(H,19,20,21). The SMILES string of the molecule is c1nc(NCC23CCC24CCC3CC4)c2ncn(C3CC3)c2n1. The van der Waals surface area contributed by atoms with Crippen LogP contribution in [0.5, 0.6) is 0 Å². The highest BCUT2D eigenvalue weighted by Crippen LogP contribution is 2.76. The van der Waals surface area contributed by atoms with E-state index in [0.717, 1.165) is 29.4 Å². The molecule has 0 amide bonds. The van der Waals surface area contributed by atoms with Crippen molar-refractivity contribution in [3.63, 3.8) is 0 Å². The van der Waals surface area contributed by atoms with Crippen LogP contribution in [-0.4, -0.2) is 26.1 Å². The number of hydrogen-bond acceptors (Lipinski definition) is 4. The molecule has 5 heteroatoms. The summed E-state index contributed by atoms with van der Waals surface area (Å²) in [7, 11) is 0. The largest absolute Gasteiger partial charge is 0.368 e. The van der Waals surface area contributed by atoms with Crippen molar-refractivity contribution >= 4 is 17.0 Å². The number of anilines is 1. The maximum atomic E-state index is 4.61. The summed E-state index contributed by atoms with van der Waals surface area (Å²) >= 11 is 0. The zero-order valence-corrected chi connectivity index (χ0v) is 13.5. The van der Waals surface area contributed by atoms with Crippen molar-refractivity contribution in [2.75, 3.05) is 11.9 Å². The van der Waals surface area contributed by atoms with Crippen molar-refractivity contribution in [2.45, 2.75) is 57.4 Å². The van der Waals surface area contributed by atoms with E-state index in [2.05, 4.69) is 24.8 Å². The minimum absolute atomic E-state index is 0.559. The molecule has 120 valence electrons. The molecule has 0 aromatic carbocycles. The topological polar surface area (TPSA) is 55.6 Å². The van der Waals surface area contributed by atoms with Crippen molar-refractivity contribution in [3.8, 4) is 0 Å². The first-order valence-corrected chi connectivity index (χ1v) is 9.23. The van der Waals surface area contributed by atoms with Gasteiger partial charge in [-0.2, -0.15) is 0 Å². The predicted molar refractivity (Wildman–Crippen MR) is 88.1 cm³/mol. The number of nitrogens with one attached hydrogen (secondary N) is 1. The fraction of sp³-hybridized carbons (Fsp3) is 0.722. The lowest BCUT2D eigenvalue weighted by Gasteiger charge is -2.54. The van der Waals surface area contributed by atoms with Gasteiger partial charge in [0.15, 0.2) is 11.5 Å². The smallest absolute Gasteiger partial charge is 0.165 e. The molecule has 4 aliphatic rings. The first-order valence-electron chi connectivity index (χ1n) is 9.23. The summed E-state index contributed by atoms with van der Waals surface area (Å²) in [4.78, 5) is 13.6. The predicted octanol–water partition coefficient (Wildman–Crippen LogP) is 3.54. The van der Waals surface area contributed by atoms with Gasteiger partial charge in [0.2, 0.25) is 0 Å². The Hall–Kier alpha value is -1.65. The number of nitrogens with zero attached hydrogens (tertiary/aromatic N) is 4. The Morgan fingerprint density at radius 1 is 1.04 bits per heavy atom. The maximum absolute atomic E-state index is 4.61. The van der Waals surface area contributed by atoms with Gasteiger partial charge in [-0.15, -0.1) is 0 Å². The second-order valence-corrected chi connectivity index (χ2v) is 8.34. The summed E-state index contributed by atoms with van der Waals surface area (Å²) in [5.41, 5.74) is 3.18. The van der Waals surface area contributed by atoms with E-state index in [4.69, 9.17) is 0 Å². The van der Waals surface area contributed by atoms with Crippen LogP contribution in [0.2, 0.25) is 0 Å². The van der Waals surface area contributed by atoms with Gasteiger partial charge in [-0.1, -0.05) is 0 Å². The molecule has 6 rings (SSSR count). The summed E-state index contributed by atoms with van der Waals surface area (Å²) in [6.07, 6.45) is 14.9. The van der Waals surface area contributed by atoms with Crippen LogP contribution in [0.4, 0.5) is 5.82 Å². The molecule has 0 spiro atoms. The van der Waals surface area contributed by atoms with Gasteiger partial charge in [-0.25, -0.2) is 15.0 Å². The fourth-order valence-corrected chi connectivity index (χ4v) is 6.17. The minimum Gasteiger partial charge on any atom is -0.368 e. The van der Waals surface area contributed by atoms with Gasteiger partial charge in [0.1, 0.15) is 11.8 Å². The Morgan fingerprint density at radius 2 is 1.91 bits per heavy atom. The van der Waals surface area contributed by atoms with Gasteiger partial charge in [-0.3, -0.25) is 0 Å². The molecular formula is C18H23N5. The molecule has 2 aromatic rings. The van der Waals surface area contributed by atoms with E-state index in [1.165, 1.54) is 51.4 Å². The van der Waals surface area contributed by atoms with E-state index in [1.54, 1.807) is 6.33 Å². The Labute approximate surface area is 135 Å². The van der Waals surface area contributed by atoms with Crippen LogP contribution >= 0.6 is 0 Å². The lowest BCUT2D eigenvalue weighted by Crippen LogP contribution is -2.50. The van der Waals surface area contributed by atoms with Crippen molar-refractivity contribution in [2.24, 2.45) is 16.7 Å². The minimum atomic E-state index is 0.559. The highest BCUT2D eigenvalue weighted by atomic mass is 15.2.